The second-order valence-electron chi connectivity index (χ2n) is 2.38. The van der Waals surface area contributed by atoms with E-state index in [9.17, 15) is 0 Å². The first kappa shape index (κ1) is 8.59. The van der Waals surface area contributed by atoms with E-state index in [0.29, 0.717) is 11.8 Å². The van der Waals surface area contributed by atoms with Gasteiger partial charge in [0.2, 0.25) is 0 Å². The van der Waals surface area contributed by atoms with Gasteiger partial charge in [0.15, 0.2) is 5.22 Å². The minimum atomic E-state index is 0.146. The maximum atomic E-state index is 5.57. The highest BCUT2D eigenvalue weighted by Gasteiger charge is 2.09. The van der Waals surface area contributed by atoms with Gasteiger partial charge in [-0.3, -0.25) is 0 Å². The van der Waals surface area contributed by atoms with E-state index in [0.717, 1.165) is 5.76 Å². The van der Waals surface area contributed by atoms with Gasteiger partial charge in [-0.1, -0.05) is 6.92 Å². The SMILES string of the molecule is CC(CON)c1ccc(Cl)o1. The first-order valence-corrected chi connectivity index (χ1v) is 3.68. The van der Waals surface area contributed by atoms with Gasteiger partial charge in [-0.25, -0.2) is 5.90 Å². The minimum Gasteiger partial charge on any atom is -0.449 e. The number of furan rings is 1. The molecule has 0 bridgehead atoms. The van der Waals surface area contributed by atoms with Crippen molar-refractivity contribution in [2.45, 2.75) is 12.8 Å². The Morgan fingerprint density at radius 1 is 1.73 bits per heavy atom. The Bertz CT molecular complexity index is 224. The molecule has 0 aliphatic heterocycles. The van der Waals surface area contributed by atoms with Crippen LogP contribution in [0.4, 0.5) is 0 Å². The fourth-order valence-electron chi connectivity index (χ4n) is 0.820. The molecule has 0 aliphatic rings. The third-order valence-electron chi connectivity index (χ3n) is 1.43. The van der Waals surface area contributed by atoms with Crippen LogP contribution in [0.5, 0.6) is 0 Å². The van der Waals surface area contributed by atoms with E-state index in [1.807, 2.05) is 13.0 Å². The molecule has 1 aromatic heterocycles. The summed E-state index contributed by atoms with van der Waals surface area (Å²) in [6.07, 6.45) is 0. The maximum absolute atomic E-state index is 5.57. The van der Waals surface area contributed by atoms with Gasteiger partial charge in [-0.15, -0.1) is 0 Å². The van der Waals surface area contributed by atoms with Gasteiger partial charge in [0.1, 0.15) is 5.76 Å². The van der Waals surface area contributed by atoms with E-state index in [4.69, 9.17) is 21.9 Å². The van der Waals surface area contributed by atoms with Crippen molar-refractivity contribution < 1.29 is 9.25 Å². The zero-order chi connectivity index (χ0) is 8.27. The monoisotopic (exact) mass is 175 g/mol. The van der Waals surface area contributed by atoms with Crippen LogP contribution in [0.25, 0.3) is 0 Å². The summed E-state index contributed by atoms with van der Waals surface area (Å²) in [7, 11) is 0. The average Bonchev–Trinajstić information content (AvgIpc) is 2.36. The molecule has 4 heteroatoms. The number of nitrogens with two attached hydrogens (primary N) is 1. The van der Waals surface area contributed by atoms with E-state index >= 15 is 0 Å². The highest BCUT2D eigenvalue weighted by molar-refractivity contribution is 6.28. The van der Waals surface area contributed by atoms with E-state index < -0.39 is 0 Å². The molecule has 0 radical (unpaired) electrons. The largest absolute Gasteiger partial charge is 0.449 e. The van der Waals surface area contributed by atoms with Gasteiger partial charge in [-0.2, -0.15) is 0 Å². The van der Waals surface area contributed by atoms with E-state index in [-0.39, 0.29) is 5.92 Å². The quantitative estimate of drug-likeness (QED) is 0.715. The van der Waals surface area contributed by atoms with E-state index in [1.54, 1.807) is 6.07 Å². The molecule has 1 atom stereocenters. The first-order chi connectivity index (χ1) is 5.24. The molecule has 1 unspecified atom stereocenters. The van der Waals surface area contributed by atoms with E-state index in [1.165, 1.54) is 0 Å². The molecule has 0 spiro atoms. The van der Waals surface area contributed by atoms with Crippen molar-refractivity contribution in [1.82, 2.24) is 0 Å². The molecule has 1 rings (SSSR count). The summed E-state index contributed by atoms with van der Waals surface area (Å²) in [5, 5.41) is 0.392. The number of halogens is 1. The number of rotatable bonds is 3. The molecule has 0 saturated carbocycles. The minimum absolute atomic E-state index is 0.146. The summed E-state index contributed by atoms with van der Waals surface area (Å²) < 4.78 is 5.13. The molecule has 0 fully saturated rings. The molecule has 0 aromatic carbocycles. The molecule has 1 aromatic rings. The van der Waals surface area contributed by atoms with Crippen molar-refractivity contribution in [3.8, 4) is 0 Å². The fraction of sp³-hybridized carbons (Fsp3) is 0.429. The van der Waals surface area contributed by atoms with Crippen LogP contribution >= 0.6 is 11.6 Å². The molecule has 0 aliphatic carbocycles. The normalized spacial score (nSPS) is 13.4. The van der Waals surface area contributed by atoms with E-state index in [2.05, 4.69) is 4.84 Å². The second kappa shape index (κ2) is 3.76. The van der Waals surface area contributed by atoms with Crippen molar-refractivity contribution in [3.05, 3.63) is 23.1 Å². The van der Waals surface area contributed by atoms with Crippen molar-refractivity contribution in [1.29, 1.82) is 0 Å². The van der Waals surface area contributed by atoms with Crippen LogP contribution in [0.15, 0.2) is 16.5 Å². The van der Waals surface area contributed by atoms with Crippen LogP contribution in [0, 0.1) is 0 Å². The zero-order valence-electron chi connectivity index (χ0n) is 6.21. The Labute approximate surface area is 70.0 Å². The van der Waals surface area contributed by atoms with Crippen LogP contribution in [-0.2, 0) is 4.84 Å². The molecule has 0 amide bonds. The molecule has 11 heavy (non-hydrogen) atoms. The van der Waals surface area contributed by atoms with Gasteiger partial charge in [0.05, 0.1) is 6.61 Å². The lowest BCUT2D eigenvalue weighted by Gasteiger charge is -2.04. The van der Waals surface area contributed by atoms with Crippen LogP contribution in [0.1, 0.15) is 18.6 Å². The lowest BCUT2D eigenvalue weighted by atomic mass is 10.1. The fourth-order valence-corrected chi connectivity index (χ4v) is 0.972. The molecule has 3 nitrogen and oxygen atoms in total. The first-order valence-electron chi connectivity index (χ1n) is 3.31. The molecule has 62 valence electrons. The molecule has 0 saturated heterocycles. The Kier molecular flexibility index (Phi) is 2.93. The number of hydrogen-bond donors (Lipinski definition) is 1. The van der Waals surface area contributed by atoms with Gasteiger partial charge in [0, 0.05) is 5.92 Å². The summed E-state index contributed by atoms with van der Waals surface area (Å²) in [4.78, 5) is 4.46. The summed E-state index contributed by atoms with van der Waals surface area (Å²) in [5.74, 6) is 5.84. The smallest absolute Gasteiger partial charge is 0.193 e. The van der Waals surface area contributed by atoms with Crippen LogP contribution in [-0.4, -0.2) is 6.61 Å². The van der Waals surface area contributed by atoms with Crippen molar-refractivity contribution in [2.24, 2.45) is 5.90 Å². The summed E-state index contributed by atoms with van der Waals surface area (Å²) in [6.45, 7) is 2.38. The van der Waals surface area contributed by atoms with Crippen molar-refractivity contribution in [3.63, 3.8) is 0 Å². The second-order valence-corrected chi connectivity index (χ2v) is 2.75. The van der Waals surface area contributed by atoms with Crippen LogP contribution in [0.3, 0.4) is 0 Å². The summed E-state index contributed by atoms with van der Waals surface area (Å²) in [5.41, 5.74) is 0. The Hall–Kier alpha value is -0.510. The third-order valence-corrected chi connectivity index (χ3v) is 1.63. The Morgan fingerprint density at radius 2 is 2.45 bits per heavy atom. The molecule has 1 heterocycles. The van der Waals surface area contributed by atoms with Crippen LogP contribution in [0.2, 0.25) is 5.22 Å². The van der Waals surface area contributed by atoms with Gasteiger partial charge in [-0.05, 0) is 23.7 Å². The summed E-state index contributed by atoms with van der Waals surface area (Å²) >= 11 is 5.57. The van der Waals surface area contributed by atoms with Gasteiger partial charge in [0.25, 0.3) is 0 Å². The zero-order valence-corrected chi connectivity index (χ0v) is 6.97. The number of hydrogen-bond acceptors (Lipinski definition) is 3. The third kappa shape index (κ3) is 2.22. The molecular formula is C7H10ClNO2. The maximum Gasteiger partial charge on any atom is 0.193 e. The predicted molar refractivity (Wildman–Crippen MR) is 42.3 cm³/mol. The van der Waals surface area contributed by atoms with Crippen molar-refractivity contribution in [2.75, 3.05) is 6.61 Å². The highest BCUT2D eigenvalue weighted by atomic mass is 35.5. The lowest BCUT2D eigenvalue weighted by molar-refractivity contribution is 0.121. The van der Waals surface area contributed by atoms with Crippen molar-refractivity contribution >= 4 is 11.6 Å². The Morgan fingerprint density at radius 3 is 2.91 bits per heavy atom. The molecular weight excluding hydrogens is 166 g/mol. The van der Waals surface area contributed by atoms with Gasteiger partial charge >= 0.3 is 0 Å². The topological polar surface area (TPSA) is 48.4 Å². The predicted octanol–water partition coefficient (Wildman–Crippen LogP) is 1.93. The standard InChI is InChI=1S/C7H10ClNO2/c1-5(4-10-9)6-2-3-7(8)11-6/h2-3,5H,4,9H2,1H3. The highest BCUT2D eigenvalue weighted by Crippen LogP contribution is 2.20. The van der Waals surface area contributed by atoms with Crippen LogP contribution < -0.4 is 5.90 Å². The summed E-state index contributed by atoms with van der Waals surface area (Å²) in [6, 6.07) is 3.51. The molecule has 2 N–H and O–H groups in total. The lowest BCUT2D eigenvalue weighted by Crippen LogP contribution is -2.07. The Balaban J connectivity index is 2.60. The van der Waals surface area contributed by atoms with Gasteiger partial charge < -0.3 is 9.25 Å². The average molecular weight is 176 g/mol.